The van der Waals surface area contributed by atoms with Crippen LogP contribution in [0.3, 0.4) is 0 Å². The third-order valence-corrected chi connectivity index (χ3v) is 4.95. The number of hydrogen-bond acceptors (Lipinski definition) is 3. The number of benzene rings is 1. The number of nitrogens with zero attached hydrogens (tertiary/aromatic N) is 3. The third-order valence-electron chi connectivity index (χ3n) is 4.70. The maximum absolute atomic E-state index is 12.6. The van der Waals surface area contributed by atoms with Crippen LogP contribution in [-0.4, -0.2) is 44.3 Å². The third kappa shape index (κ3) is 3.39. The van der Waals surface area contributed by atoms with E-state index in [0.717, 1.165) is 29.1 Å². The Balaban J connectivity index is 1.85. The van der Waals surface area contributed by atoms with Gasteiger partial charge in [-0.3, -0.25) is 4.79 Å². The van der Waals surface area contributed by atoms with Gasteiger partial charge in [-0.15, -0.1) is 0 Å². The Bertz CT molecular complexity index is 814. The number of carboxylic acids is 1. The van der Waals surface area contributed by atoms with Gasteiger partial charge >= 0.3 is 5.97 Å². The number of hydrogen-bond donors (Lipinski definition) is 1. The van der Waals surface area contributed by atoms with E-state index in [0.29, 0.717) is 18.0 Å². The molecule has 0 spiro atoms. The van der Waals surface area contributed by atoms with Crippen molar-refractivity contribution < 1.29 is 14.7 Å². The van der Waals surface area contributed by atoms with Crippen molar-refractivity contribution in [2.45, 2.75) is 39.2 Å². The minimum Gasteiger partial charge on any atom is -0.480 e. The smallest absolute Gasteiger partial charge is 0.326 e. The van der Waals surface area contributed by atoms with Crippen LogP contribution >= 0.6 is 11.6 Å². The Kier molecular flexibility index (Phi) is 4.81. The van der Waals surface area contributed by atoms with Crippen molar-refractivity contribution in [2.75, 3.05) is 6.54 Å². The van der Waals surface area contributed by atoms with Crippen LogP contribution in [0, 0.1) is 13.8 Å². The number of amides is 1. The van der Waals surface area contributed by atoms with Crippen molar-refractivity contribution in [3.8, 4) is 5.69 Å². The molecule has 7 heteroatoms. The van der Waals surface area contributed by atoms with E-state index >= 15 is 0 Å². The van der Waals surface area contributed by atoms with E-state index in [1.54, 1.807) is 16.8 Å². The summed E-state index contributed by atoms with van der Waals surface area (Å²) in [6, 6.07) is 6.61. The fraction of sp³-hybridized carbons (Fsp3) is 0.389. The van der Waals surface area contributed by atoms with Gasteiger partial charge in [-0.2, -0.15) is 5.10 Å². The van der Waals surface area contributed by atoms with E-state index in [9.17, 15) is 14.7 Å². The number of rotatable bonds is 4. The van der Waals surface area contributed by atoms with Crippen LogP contribution in [0.2, 0.25) is 5.02 Å². The molecule has 1 unspecified atom stereocenters. The maximum atomic E-state index is 12.6. The monoisotopic (exact) mass is 361 g/mol. The van der Waals surface area contributed by atoms with Crippen molar-refractivity contribution in [2.24, 2.45) is 0 Å². The van der Waals surface area contributed by atoms with Gasteiger partial charge in [0.05, 0.1) is 17.8 Å². The molecule has 1 amide bonds. The number of carboxylic acid groups (broad SMARTS) is 1. The van der Waals surface area contributed by atoms with Gasteiger partial charge in [0.1, 0.15) is 6.04 Å². The van der Waals surface area contributed by atoms with E-state index in [1.807, 2.05) is 26.0 Å². The summed E-state index contributed by atoms with van der Waals surface area (Å²) >= 11 is 5.93. The van der Waals surface area contributed by atoms with Crippen molar-refractivity contribution >= 4 is 23.5 Å². The highest BCUT2D eigenvalue weighted by Gasteiger charge is 2.34. The lowest BCUT2D eigenvalue weighted by atomic mass is 10.1. The Labute approximate surface area is 151 Å². The molecule has 2 heterocycles. The number of halogens is 1. The summed E-state index contributed by atoms with van der Waals surface area (Å²) in [6.45, 7) is 4.27. The lowest BCUT2D eigenvalue weighted by molar-refractivity contribution is -0.148. The SMILES string of the molecule is Cc1nn(-c2ccc(Cl)cc2)c(C)c1CC(=O)N1CCCC1C(=O)O. The van der Waals surface area contributed by atoms with Gasteiger partial charge in [0.2, 0.25) is 5.91 Å². The standard InChI is InChI=1S/C18H20ClN3O3/c1-11-15(10-17(23)21-9-3-4-16(21)18(24)25)12(2)22(20-11)14-7-5-13(19)6-8-14/h5-8,16H,3-4,9-10H2,1-2H3,(H,24,25). The summed E-state index contributed by atoms with van der Waals surface area (Å²) in [4.78, 5) is 25.4. The second-order valence-corrected chi connectivity index (χ2v) is 6.73. The van der Waals surface area contributed by atoms with E-state index < -0.39 is 12.0 Å². The van der Waals surface area contributed by atoms with Crippen molar-refractivity contribution in [1.29, 1.82) is 0 Å². The van der Waals surface area contributed by atoms with Crippen molar-refractivity contribution in [3.63, 3.8) is 0 Å². The molecule has 1 atom stereocenters. The van der Waals surface area contributed by atoms with Crippen LogP contribution in [0.4, 0.5) is 0 Å². The summed E-state index contributed by atoms with van der Waals surface area (Å²) in [5.41, 5.74) is 3.36. The number of aromatic nitrogens is 2. The molecule has 1 fully saturated rings. The molecular weight excluding hydrogens is 342 g/mol. The van der Waals surface area contributed by atoms with E-state index in [-0.39, 0.29) is 12.3 Å². The van der Waals surface area contributed by atoms with Gasteiger partial charge in [-0.25, -0.2) is 9.48 Å². The van der Waals surface area contributed by atoms with Crippen LogP contribution in [-0.2, 0) is 16.0 Å². The fourth-order valence-electron chi connectivity index (χ4n) is 3.34. The second kappa shape index (κ2) is 6.88. The topological polar surface area (TPSA) is 75.4 Å². The van der Waals surface area contributed by atoms with Crippen LogP contribution in [0.5, 0.6) is 0 Å². The molecule has 0 radical (unpaired) electrons. The molecule has 1 aliphatic heterocycles. The minimum atomic E-state index is -0.934. The average Bonchev–Trinajstić information content (AvgIpc) is 3.16. The molecule has 0 aliphatic carbocycles. The Morgan fingerprint density at radius 3 is 2.60 bits per heavy atom. The molecule has 1 saturated heterocycles. The lowest BCUT2D eigenvalue weighted by Gasteiger charge is -2.21. The molecule has 2 aromatic rings. The molecule has 1 aromatic carbocycles. The van der Waals surface area contributed by atoms with Crippen molar-refractivity contribution in [1.82, 2.24) is 14.7 Å². The first-order valence-electron chi connectivity index (χ1n) is 8.22. The number of aliphatic carboxylic acids is 1. The number of aryl methyl sites for hydroxylation is 1. The molecule has 1 aromatic heterocycles. The van der Waals surface area contributed by atoms with Crippen LogP contribution in [0.25, 0.3) is 5.69 Å². The largest absolute Gasteiger partial charge is 0.480 e. The van der Waals surface area contributed by atoms with Gasteiger partial charge in [-0.1, -0.05) is 11.6 Å². The molecular formula is C18H20ClN3O3. The highest BCUT2D eigenvalue weighted by molar-refractivity contribution is 6.30. The summed E-state index contributed by atoms with van der Waals surface area (Å²) in [5.74, 6) is -1.09. The normalized spacial score (nSPS) is 17.1. The first-order chi connectivity index (χ1) is 11.9. The van der Waals surface area contributed by atoms with Crippen molar-refractivity contribution in [3.05, 3.63) is 46.2 Å². The van der Waals surface area contributed by atoms with Gasteiger partial charge in [-0.05, 0) is 51.0 Å². The zero-order chi connectivity index (χ0) is 18.1. The van der Waals surface area contributed by atoms with Crippen LogP contribution < -0.4 is 0 Å². The van der Waals surface area contributed by atoms with Gasteiger partial charge in [0.25, 0.3) is 0 Å². The molecule has 0 saturated carbocycles. The first-order valence-corrected chi connectivity index (χ1v) is 8.59. The summed E-state index contributed by atoms with van der Waals surface area (Å²) in [6.07, 6.45) is 1.41. The maximum Gasteiger partial charge on any atom is 0.326 e. The summed E-state index contributed by atoms with van der Waals surface area (Å²) < 4.78 is 1.78. The minimum absolute atomic E-state index is 0.160. The molecule has 0 bridgehead atoms. The zero-order valence-corrected chi connectivity index (χ0v) is 15.0. The number of likely N-dealkylation sites (tertiary alicyclic amines) is 1. The molecule has 25 heavy (non-hydrogen) atoms. The summed E-state index contributed by atoms with van der Waals surface area (Å²) in [5, 5.41) is 14.4. The second-order valence-electron chi connectivity index (χ2n) is 6.30. The van der Waals surface area contributed by atoms with Crippen LogP contribution in [0.1, 0.15) is 29.8 Å². The molecule has 1 N–H and O–H groups in total. The Morgan fingerprint density at radius 2 is 1.96 bits per heavy atom. The molecule has 132 valence electrons. The van der Waals surface area contributed by atoms with Gasteiger partial charge in [0, 0.05) is 22.8 Å². The fourth-order valence-corrected chi connectivity index (χ4v) is 3.47. The van der Waals surface area contributed by atoms with E-state index in [1.165, 1.54) is 4.90 Å². The highest BCUT2D eigenvalue weighted by Crippen LogP contribution is 2.23. The lowest BCUT2D eigenvalue weighted by Crippen LogP contribution is -2.41. The van der Waals surface area contributed by atoms with E-state index in [2.05, 4.69) is 5.10 Å². The number of carbonyl (C=O) groups excluding carboxylic acids is 1. The molecule has 3 rings (SSSR count). The molecule has 6 nitrogen and oxygen atoms in total. The van der Waals surface area contributed by atoms with Gasteiger partial charge < -0.3 is 10.0 Å². The first kappa shape index (κ1) is 17.5. The number of carbonyl (C=O) groups is 2. The Hall–Kier alpha value is -2.34. The highest BCUT2D eigenvalue weighted by atomic mass is 35.5. The predicted octanol–water partition coefficient (Wildman–Crippen LogP) is 2.76. The quantitative estimate of drug-likeness (QED) is 0.908. The van der Waals surface area contributed by atoms with E-state index in [4.69, 9.17) is 11.6 Å². The Morgan fingerprint density at radius 1 is 1.28 bits per heavy atom. The zero-order valence-electron chi connectivity index (χ0n) is 14.2. The predicted molar refractivity (Wildman–Crippen MR) is 94.1 cm³/mol. The average molecular weight is 362 g/mol. The van der Waals surface area contributed by atoms with Gasteiger partial charge in [0.15, 0.2) is 0 Å². The summed E-state index contributed by atoms with van der Waals surface area (Å²) in [7, 11) is 0. The van der Waals surface area contributed by atoms with Crippen LogP contribution in [0.15, 0.2) is 24.3 Å². The molecule has 1 aliphatic rings.